The van der Waals surface area contributed by atoms with Crippen molar-refractivity contribution in [2.75, 3.05) is 0 Å². The Hall–Kier alpha value is -1.59. The number of fused-ring (bicyclic) bond motifs is 1. The van der Waals surface area contributed by atoms with Crippen LogP contribution in [-0.2, 0) is 6.54 Å². The Balaban J connectivity index is 0.000000686. The average molecular weight is 245 g/mol. The zero-order chi connectivity index (χ0) is 13.1. The largest absolute Gasteiger partial charge is 0.406 e. The van der Waals surface area contributed by atoms with Gasteiger partial charge in [0, 0.05) is 6.20 Å². The van der Waals surface area contributed by atoms with Crippen LogP contribution in [0.5, 0.6) is 0 Å². The Labute approximate surface area is 97.3 Å². The monoisotopic (exact) mass is 245 g/mol. The third-order valence-electron chi connectivity index (χ3n) is 2.03. The first kappa shape index (κ1) is 13.5. The van der Waals surface area contributed by atoms with E-state index >= 15 is 0 Å². The van der Waals surface area contributed by atoms with Crippen LogP contribution in [0.1, 0.15) is 19.7 Å². The Morgan fingerprint density at radius 1 is 1.29 bits per heavy atom. The Morgan fingerprint density at radius 3 is 2.53 bits per heavy atom. The topological polar surface area (TPSA) is 30.7 Å². The lowest BCUT2D eigenvalue weighted by molar-refractivity contribution is -0.140. The van der Waals surface area contributed by atoms with Gasteiger partial charge < -0.3 is 4.57 Å². The Morgan fingerprint density at radius 2 is 1.94 bits per heavy atom. The van der Waals surface area contributed by atoms with Crippen molar-refractivity contribution >= 4 is 11.2 Å². The highest BCUT2D eigenvalue weighted by molar-refractivity contribution is 5.71. The van der Waals surface area contributed by atoms with Gasteiger partial charge in [0.05, 0.1) is 0 Å². The second-order valence-corrected chi connectivity index (χ2v) is 3.21. The predicted molar refractivity (Wildman–Crippen MR) is 59.7 cm³/mol. The van der Waals surface area contributed by atoms with Crippen LogP contribution in [0.3, 0.4) is 0 Å². The van der Waals surface area contributed by atoms with Gasteiger partial charge in [0.1, 0.15) is 17.9 Å². The highest BCUT2D eigenvalue weighted by atomic mass is 19.4. The molecule has 17 heavy (non-hydrogen) atoms. The van der Waals surface area contributed by atoms with Crippen molar-refractivity contribution in [2.24, 2.45) is 0 Å². The molecule has 0 aromatic carbocycles. The summed E-state index contributed by atoms with van der Waals surface area (Å²) in [6.45, 7) is 4.49. The molecule has 0 unspecified atom stereocenters. The lowest BCUT2D eigenvalue weighted by atomic mass is 10.4. The van der Waals surface area contributed by atoms with Gasteiger partial charge in [-0.15, -0.1) is 0 Å². The van der Waals surface area contributed by atoms with E-state index in [0.29, 0.717) is 11.3 Å². The minimum Gasteiger partial charge on any atom is -0.304 e. The van der Waals surface area contributed by atoms with Gasteiger partial charge >= 0.3 is 6.18 Å². The van der Waals surface area contributed by atoms with E-state index in [1.807, 2.05) is 13.8 Å². The molecule has 0 amide bonds. The number of aryl methyl sites for hydroxylation is 1. The summed E-state index contributed by atoms with van der Waals surface area (Å²) in [4.78, 5) is 7.88. The molecule has 0 aliphatic rings. The second kappa shape index (κ2) is 5.16. The molecule has 0 radical (unpaired) electrons. The number of halogens is 3. The number of nitrogens with zero attached hydrogens (tertiary/aromatic N) is 3. The molecule has 3 nitrogen and oxygen atoms in total. The van der Waals surface area contributed by atoms with Crippen molar-refractivity contribution in [1.82, 2.24) is 14.5 Å². The van der Waals surface area contributed by atoms with E-state index in [1.54, 1.807) is 12.1 Å². The fourth-order valence-electron chi connectivity index (χ4n) is 1.44. The number of hydrogen-bond donors (Lipinski definition) is 0. The van der Waals surface area contributed by atoms with Gasteiger partial charge in [0.2, 0.25) is 0 Å². The van der Waals surface area contributed by atoms with Crippen molar-refractivity contribution in [3.05, 3.63) is 24.2 Å². The van der Waals surface area contributed by atoms with Crippen molar-refractivity contribution in [3.63, 3.8) is 0 Å². The van der Waals surface area contributed by atoms with E-state index in [4.69, 9.17) is 0 Å². The Bertz CT molecular complexity index is 488. The molecule has 0 saturated heterocycles. The molecule has 6 heteroatoms. The third kappa shape index (κ3) is 3.18. The van der Waals surface area contributed by atoms with Crippen LogP contribution in [0.2, 0.25) is 0 Å². The van der Waals surface area contributed by atoms with Gasteiger partial charge in [-0.25, -0.2) is 9.97 Å². The standard InChI is InChI=1S/C9H8F3N3.C2H6/c1-6-14-7-3-2-4-13-8(7)15(6)5-9(10,11)12;1-2/h2-4H,5H2,1H3;1-2H3. The maximum absolute atomic E-state index is 12.3. The molecule has 0 saturated carbocycles. The molecular formula is C11H14F3N3. The zero-order valence-corrected chi connectivity index (χ0v) is 9.91. The molecule has 94 valence electrons. The minimum atomic E-state index is -4.25. The summed E-state index contributed by atoms with van der Waals surface area (Å²) >= 11 is 0. The SMILES string of the molecule is CC.Cc1nc2cccnc2n1CC(F)(F)F. The Kier molecular flexibility index (Phi) is 4.09. The molecule has 0 fully saturated rings. The van der Waals surface area contributed by atoms with Crippen LogP contribution in [0.15, 0.2) is 18.3 Å². The molecule has 0 atom stereocenters. The molecule has 0 N–H and O–H groups in total. The molecule has 2 heterocycles. The first-order valence-corrected chi connectivity index (χ1v) is 5.32. The van der Waals surface area contributed by atoms with Gasteiger partial charge in [-0.3, -0.25) is 0 Å². The minimum absolute atomic E-state index is 0.271. The summed E-state index contributed by atoms with van der Waals surface area (Å²) in [6.07, 6.45) is -2.80. The first-order chi connectivity index (χ1) is 7.97. The maximum atomic E-state index is 12.3. The van der Waals surface area contributed by atoms with Crippen LogP contribution in [0, 0.1) is 6.92 Å². The van der Waals surface area contributed by atoms with Crippen LogP contribution >= 0.6 is 0 Å². The van der Waals surface area contributed by atoms with Crippen LogP contribution in [-0.4, -0.2) is 20.7 Å². The summed E-state index contributed by atoms with van der Waals surface area (Å²) in [6, 6.07) is 3.29. The molecule has 2 aromatic rings. The zero-order valence-electron chi connectivity index (χ0n) is 9.91. The van der Waals surface area contributed by atoms with E-state index in [1.165, 1.54) is 13.1 Å². The van der Waals surface area contributed by atoms with Crippen molar-refractivity contribution < 1.29 is 13.2 Å². The molecule has 0 bridgehead atoms. The van der Waals surface area contributed by atoms with Gasteiger partial charge in [0.15, 0.2) is 5.65 Å². The number of alkyl halides is 3. The molecule has 0 aliphatic heterocycles. The second-order valence-electron chi connectivity index (χ2n) is 3.21. The first-order valence-electron chi connectivity index (χ1n) is 5.32. The lowest BCUT2D eigenvalue weighted by Crippen LogP contribution is -2.18. The lowest BCUT2D eigenvalue weighted by Gasteiger charge is -2.08. The summed E-state index contributed by atoms with van der Waals surface area (Å²) < 4.78 is 37.8. The summed E-state index contributed by atoms with van der Waals surface area (Å²) in [7, 11) is 0. The highest BCUT2D eigenvalue weighted by Gasteiger charge is 2.29. The molecule has 2 aromatic heterocycles. The smallest absolute Gasteiger partial charge is 0.304 e. The fraction of sp³-hybridized carbons (Fsp3) is 0.455. The summed E-state index contributed by atoms with van der Waals surface area (Å²) in [5, 5.41) is 0. The predicted octanol–water partition coefficient (Wildman–Crippen LogP) is 3.33. The van der Waals surface area contributed by atoms with E-state index in [2.05, 4.69) is 9.97 Å². The number of aromatic nitrogens is 3. The van der Waals surface area contributed by atoms with E-state index in [-0.39, 0.29) is 5.65 Å². The van der Waals surface area contributed by atoms with E-state index < -0.39 is 12.7 Å². The van der Waals surface area contributed by atoms with Crippen molar-refractivity contribution in [2.45, 2.75) is 33.5 Å². The van der Waals surface area contributed by atoms with Crippen LogP contribution in [0.4, 0.5) is 13.2 Å². The average Bonchev–Trinajstić information content (AvgIpc) is 2.57. The number of pyridine rings is 1. The van der Waals surface area contributed by atoms with E-state index in [9.17, 15) is 13.2 Å². The third-order valence-corrected chi connectivity index (χ3v) is 2.03. The van der Waals surface area contributed by atoms with Gasteiger partial charge in [-0.1, -0.05) is 13.8 Å². The van der Waals surface area contributed by atoms with Gasteiger partial charge in [-0.05, 0) is 19.1 Å². The molecular weight excluding hydrogens is 231 g/mol. The maximum Gasteiger partial charge on any atom is 0.406 e. The summed E-state index contributed by atoms with van der Waals surface area (Å²) in [5.74, 6) is 0.320. The number of hydrogen-bond acceptors (Lipinski definition) is 2. The van der Waals surface area contributed by atoms with Gasteiger partial charge in [0.25, 0.3) is 0 Å². The van der Waals surface area contributed by atoms with Crippen molar-refractivity contribution in [1.29, 1.82) is 0 Å². The molecule has 2 rings (SSSR count). The fourth-order valence-corrected chi connectivity index (χ4v) is 1.44. The molecule has 0 spiro atoms. The normalized spacial score (nSPS) is 11.2. The van der Waals surface area contributed by atoms with E-state index in [0.717, 1.165) is 4.57 Å². The van der Waals surface area contributed by atoms with Crippen LogP contribution < -0.4 is 0 Å². The number of imidazole rings is 1. The van der Waals surface area contributed by atoms with Crippen LogP contribution in [0.25, 0.3) is 11.2 Å². The summed E-state index contributed by atoms with van der Waals surface area (Å²) in [5.41, 5.74) is 0.756. The molecule has 0 aliphatic carbocycles. The van der Waals surface area contributed by atoms with Gasteiger partial charge in [-0.2, -0.15) is 13.2 Å². The van der Waals surface area contributed by atoms with Crippen molar-refractivity contribution in [3.8, 4) is 0 Å². The number of rotatable bonds is 1. The highest BCUT2D eigenvalue weighted by Crippen LogP contribution is 2.21. The quantitative estimate of drug-likeness (QED) is 0.771.